The second kappa shape index (κ2) is 4.93. The Hall–Kier alpha value is -0.900. The van der Waals surface area contributed by atoms with E-state index in [1.54, 1.807) is 0 Å². The van der Waals surface area contributed by atoms with Gasteiger partial charge in [0.2, 0.25) is 5.83 Å². The molecule has 0 saturated heterocycles. The third-order valence-corrected chi connectivity index (χ3v) is 0.742. The molecule has 58 valence electrons. The predicted molar refractivity (Wildman–Crippen MR) is 33.1 cm³/mol. The van der Waals surface area contributed by atoms with Crippen LogP contribution in [0.3, 0.4) is 0 Å². The van der Waals surface area contributed by atoms with E-state index in [9.17, 15) is 9.18 Å². The van der Waals surface area contributed by atoms with Crippen molar-refractivity contribution in [3.05, 3.63) is 12.4 Å². The van der Waals surface area contributed by atoms with Gasteiger partial charge in [0.05, 0.1) is 6.61 Å². The number of hydrogen-bond acceptors (Lipinski definition) is 3. The number of hydrogen-bond donors (Lipinski definition) is 0. The molecule has 0 aromatic rings. The molecule has 0 aliphatic carbocycles. The number of carbonyl (C=O) groups is 1. The fourth-order valence-electron chi connectivity index (χ4n) is 0.296. The van der Waals surface area contributed by atoms with Crippen LogP contribution in [0.4, 0.5) is 4.39 Å². The Kier molecular flexibility index (Phi) is 4.49. The summed E-state index contributed by atoms with van der Waals surface area (Å²) < 4.78 is 20.7. The van der Waals surface area contributed by atoms with E-state index < -0.39 is 11.8 Å². The van der Waals surface area contributed by atoms with Crippen molar-refractivity contribution in [1.29, 1.82) is 0 Å². The number of carbonyl (C=O) groups excluding carboxylic acids is 1. The van der Waals surface area contributed by atoms with Gasteiger partial charge in [-0.2, -0.15) is 4.39 Å². The van der Waals surface area contributed by atoms with Gasteiger partial charge in [0.1, 0.15) is 6.61 Å². The molecule has 10 heavy (non-hydrogen) atoms. The summed E-state index contributed by atoms with van der Waals surface area (Å²) in [6.07, 6.45) is 0. The van der Waals surface area contributed by atoms with Crippen molar-refractivity contribution >= 4 is 5.97 Å². The zero-order valence-electron chi connectivity index (χ0n) is 5.72. The molecule has 0 aliphatic heterocycles. The SMILES string of the molecule is C=C(F)C(=O)OCCOC. The molecule has 0 atom stereocenters. The Morgan fingerprint density at radius 2 is 2.20 bits per heavy atom. The zero-order valence-corrected chi connectivity index (χ0v) is 5.72. The summed E-state index contributed by atoms with van der Waals surface area (Å²) in [4.78, 5) is 10.3. The van der Waals surface area contributed by atoms with Crippen LogP contribution < -0.4 is 0 Å². The van der Waals surface area contributed by atoms with Crippen molar-refractivity contribution in [2.24, 2.45) is 0 Å². The van der Waals surface area contributed by atoms with Crippen molar-refractivity contribution in [1.82, 2.24) is 0 Å². The lowest BCUT2D eigenvalue weighted by atomic mass is 10.6. The van der Waals surface area contributed by atoms with Crippen LogP contribution in [-0.4, -0.2) is 26.3 Å². The lowest BCUT2D eigenvalue weighted by Crippen LogP contribution is -2.09. The molecule has 0 aromatic carbocycles. The Morgan fingerprint density at radius 1 is 1.60 bits per heavy atom. The van der Waals surface area contributed by atoms with E-state index in [-0.39, 0.29) is 13.2 Å². The molecule has 0 bridgehead atoms. The van der Waals surface area contributed by atoms with E-state index >= 15 is 0 Å². The number of rotatable bonds is 4. The molecule has 0 fully saturated rings. The van der Waals surface area contributed by atoms with Crippen LogP contribution in [0.15, 0.2) is 12.4 Å². The highest BCUT2D eigenvalue weighted by molar-refractivity contribution is 5.85. The van der Waals surface area contributed by atoms with Gasteiger partial charge in [-0.1, -0.05) is 6.58 Å². The van der Waals surface area contributed by atoms with Gasteiger partial charge >= 0.3 is 5.97 Å². The maximum Gasteiger partial charge on any atom is 0.366 e. The van der Waals surface area contributed by atoms with Crippen LogP contribution in [0.25, 0.3) is 0 Å². The molecule has 0 amide bonds. The highest BCUT2D eigenvalue weighted by atomic mass is 19.1. The summed E-state index contributed by atoms with van der Waals surface area (Å²) in [6.45, 7) is 3.07. The van der Waals surface area contributed by atoms with E-state index in [1.807, 2.05) is 0 Å². The standard InChI is InChI=1S/C6H9FO3/c1-5(7)6(8)10-4-3-9-2/h1,3-4H2,2H3. The summed E-state index contributed by atoms with van der Waals surface area (Å²) >= 11 is 0. The highest BCUT2D eigenvalue weighted by Gasteiger charge is 2.05. The van der Waals surface area contributed by atoms with Crippen LogP contribution in [0.5, 0.6) is 0 Å². The summed E-state index contributed by atoms with van der Waals surface area (Å²) in [5.41, 5.74) is 0. The minimum absolute atomic E-state index is 0.0538. The molecular formula is C6H9FO3. The Morgan fingerprint density at radius 3 is 2.60 bits per heavy atom. The van der Waals surface area contributed by atoms with Gasteiger partial charge in [-0.3, -0.25) is 0 Å². The van der Waals surface area contributed by atoms with E-state index in [2.05, 4.69) is 16.1 Å². The first kappa shape index (κ1) is 9.10. The minimum atomic E-state index is -1.09. The summed E-state index contributed by atoms with van der Waals surface area (Å²) in [5, 5.41) is 0. The molecule has 0 radical (unpaired) electrons. The topological polar surface area (TPSA) is 35.5 Å². The fraction of sp³-hybridized carbons (Fsp3) is 0.500. The van der Waals surface area contributed by atoms with Crippen molar-refractivity contribution in [3.63, 3.8) is 0 Å². The quantitative estimate of drug-likeness (QED) is 0.334. The average Bonchev–Trinajstić information content (AvgIpc) is 1.88. The minimum Gasteiger partial charge on any atom is -0.458 e. The van der Waals surface area contributed by atoms with E-state index in [4.69, 9.17) is 0 Å². The van der Waals surface area contributed by atoms with Crippen molar-refractivity contribution in [3.8, 4) is 0 Å². The van der Waals surface area contributed by atoms with Crippen LogP contribution >= 0.6 is 0 Å². The molecule has 4 heteroatoms. The van der Waals surface area contributed by atoms with Crippen LogP contribution in [0.1, 0.15) is 0 Å². The van der Waals surface area contributed by atoms with Gasteiger partial charge in [0.25, 0.3) is 0 Å². The van der Waals surface area contributed by atoms with Gasteiger partial charge in [0.15, 0.2) is 0 Å². The lowest BCUT2D eigenvalue weighted by molar-refractivity contribution is -0.141. The van der Waals surface area contributed by atoms with Gasteiger partial charge in [0, 0.05) is 7.11 Å². The Balaban J connectivity index is 3.31. The molecule has 0 unspecified atom stereocenters. The molecular weight excluding hydrogens is 139 g/mol. The highest BCUT2D eigenvalue weighted by Crippen LogP contribution is 1.93. The Bertz CT molecular complexity index is 133. The monoisotopic (exact) mass is 148 g/mol. The molecule has 0 rings (SSSR count). The van der Waals surface area contributed by atoms with Crippen LogP contribution in [0, 0.1) is 0 Å². The normalized spacial score (nSPS) is 9.00. The molecule has 0 saturated carbocycles. The smallest absolute Gasteiger partial charge is 0.366 e. The summed E-state index contributed by atoms with van der Waals surface area (Å²) in [6, 6.07) is 0. The first-order valence-electron chi connectivity index (χ1n) is 2.69. The molecule has 3 nitrogen and oxygen atoms in total. The maximum atomic E-state index is 11.8. The molecule has 0 heterocycles. The third kappa shape index (κ3) is 4.03. The average molecular weight is 148 g/mol. The number of halogens is 1. The number of esters is 1. The maximum absolute atomic E-state index is 11.8. The van der Waals surface area contributed by atoms with E-state index in [0.29, 0.717) is 0 Å². The van der Waals surface area contributed by atoms with Crippen LogP contribution in [-0.2, 0) is 14.3 Å². The second-order valence-electron chi connectivity index (χ2n) is 1.53. The fourth-order valence-corrected chi connectivity index (χ4v) is 0.296. The van der Waals surface area contributed by atoms with Gasteiger partial charge in [-0.15, -0.1) is 0 Å². The van der Waals surface area contributed by atoms with Gasteiger partial charge in [-0.05, 0) is 0 Å². The summed E-state index contributed by atoms with van der Waals surface area (Å²) in [7, 11) is 1.46. The van der Waals surface area contributed by atoms with E-state index in [0.717, 1.165) is 0 Å². The Labute approximate surface area is 58.4 Å². The van der Waals surface area contributed by atoms with Gasteiger partial charge < -0.3 is 9.47 Å². The number of methoxy groups -OCH3 is 1. The third-order valence-electron chi connectivity index (χ3n) is 0.742. The largest absolute Gasteiger partial charge is 0.458 e. The predicted octanol–water partition coefficient (Wildman–Crippen LogP) is 0.659. The van der Waals surface area contributed by atoms with Crippen molar-refractivity contribution < 1.29 is 18.7 Å². The van der Waals surface area contributed by atoms with Crippen molar-refractivity contribution in [2.45, 2.75) is 0 Å². The zero-order chi connectivity index (χ0) is 7.98. The summed E-state index contributed by atoms with van der Waals surface area (Å²) in [5.74, 6) is -2.12. The molecule has 0 aliphatic rings. The number of ether oxygens (including phenoxy) is 2. The first-order valence-corrected chi connectivity index (χ1v) is 2.69. The molecule has 0 spiro atoms. The van der Waals surface area contributed by atoms with E-state index in [1.165, 1.54) is 7.11 Å². The van der Waals surface area contributed by atoms with Crippen molar-refractivity contribution in [2.75, 3.05) is 20.3 Å². The van der Waals surface area contributed by atoms with Gasteiger partial charge in [-0.25, -0.2) is 4.79 Å². The molecule has 0 N–H and O–H groups in total. The van der Waals surface area contributed by atoms with Crippen LogP contribution in [0.2, 0.25) is 0 Å². The second-order valence-corrected chi connectivity index (χ2v) is 1.53. The lowest BCUT2D eigenvalue weighted by Gasteiger charge is -1.99. The first-order chi connectivity index (χ1) is 4.68. The molecule has 0 aromatic heterocycles.